The molecular weight excluding hydrogens is 262 g/mol. The van der Waals surface area contributed by atoms with Crippen LogP contribution in [0.3, 0.4) is 0 Å². The molecule has 0 aliphatic carbocycles. The summed E-state index contributed by atoms with van der Waals surface area (Å²) < 4.78 is 32.8. The first-order valence-corrected chi connectivity index (χ1v) is 7.31. The van der Waals surface area contributed by atoms with E-state index in [2.05, 4.69) is 18.0 Å². The minimum atomic E-state index is -4.42. The van der Waals surface area contributed by atoms with Crippen molar-refractivity contribution in [2.75, 3.05) is 46.0 Å². The maximum absolute atomic E-state index is 9.45. The normalized spacial score (nSPS) is 11.9. The van der Waals surface area contributed by atoms with E-state index in [-0.39, 0.29) is 19.8 Å². The Kier molecular flexibility index (Phi) is 11.9. The van der Waals surface area contributed by atoms with E-state index in [4.69, 9.17) is 10.2 Å². The van der Waals surface area contributed by atoms with Gasteiger partial charge in [-0.2, -0.15) is 0 Å². The average molecular weight is 287 g/mol. The Morgan fingerprint density at radius 1 is 1.06 bits per heavy atom. The molecule has 0 radical (unpaired) electrons. The van der Waals surface area contributed by atoms with Gasteiger partial charge in [-0.05, 0) is 20.8 Å². The quantitative estimate of drug-likeness (QED) is 0.348. The molecule has 112 valence electrons. The molecule has 0 unspecified atom stereocenters. The standard InChI is InChI=1S/C8H20NO2.C2H6O4S/c1-3-9(4-2,5-7-10)6-8-11;1-2-6-7(3,4)5/h10-11H,3-8H2,1-2H3;2H2,1H3,(H,3,4,5)/q+1;/p-1. The summed E-state index contributed by atoms with van der Waals surface area (Å²) in [5, 5.41) is 17.6. The predicted octanol–water partition coefficient (Wildman–Crippen LogP) is -0.689. The second-order valence-electron chi connectivity index (χ2n) is 3.68. The van der Waals surface area contributed by atoms with Crippen LogP contribution >= 0.6 is 0 Å². The second kappa shape index (κ2) is 10.7. The molecule has 0 aromatic rings. The van der Waals surface area contributed by atoms with Crippen molar-refractivity contribution >= 4 is 10.4 Å². The summed E-state index contributed by atoms with van der Waals surface area (Å²) in [7, 11) is -4.42. The summed E-state index contributed by atoms with van der Waals surface area (Å²) in [5.41, 5.74) is 0. The highest BCUT2D eigenvalue weighted by Crippen LogP contribution is 2.03. The Morgan fingerprint density at radius 2 is 1.44 bits per heavy atom. The molecule has 0 spiro atoms. The largest absolute Gasteiger partial charge is 0.726 e. The molecule has 0 atom stereocenters. The second-order valence-corrected chi connectivity index (χ2v) is 4.74. The Labute approximate surface area is 110 Å². The minimum absolute atomic E-state index is 0.0914. The topological polar surface area (TPSA) is 107 Å². The van der Waals surface area contributed by atoms with Crippen molar-refractivity contribution in [3.8, 4) is 0 Å². The van der Waals surface area contributed by atoms with Crippen LogP contribution in [-0.4, -0.2) is 73.7 Å². The fraction of sp³-hybridized carbons (Fsp3) is 1.00. The van der Waals surface area contributed by atoms with Crippen LogP contribution in [0.1, 0.15) is 20.8 Å². The fourth-order valence-corrected chi connectivity index (χ4v) is 1.83. The van der Waals surface area contributed by atoms with Crippen molar-refractivity contribution in [3.05, 3.63) is 0 Å². The molecule has 0 rings (SSSR count). The van der Waals surface area contributed by atoms with Gasteiger partial charge in [0.2, 0.25) is 10.4 Å². The molecule has 18 heavy (non-hydrogen) atoms. The van der Waals surface area contributed by atoms with Crippen molar-refractivity contribution in [1.82, 2.24) is 0 Å². The summed E-state index contributed by atoms with van der Waals surface area (Å²) in [6.45, 7) is 9.42. The lowest BCUT2D eigenvalue weighted by molar-refractivity contribution is -0.925. The van der Waals surface area contributed by atoms with Gasteiger partial charge in [-0.1, -0.05) is 0 Å². The van der Waals surface area contributed by atoms with Crippen LogP contribution in [-0.2, 0) is 14.6 Å². The minimum Gasteiger partial charge on any atom is -0.726 e. The summed E-state index contributed by atoms with van der Waals surface area (Å²) >= 11 is 0. The van der Waals surface area contributed by atoms with E-state index in [0.717, 1.165) is 30.7 Å². The monoisotopic (exact) mass is 287 g/mol. The van der Waals surface area contributed by atoms with Gasteiger partial charge in [-0.25, -0.2) is 8.42 Å². The fourth-order valence-electron chi connectivity index (χ4n) is 1.54. The van der Waals surface area contributed by atoms with Gasteiger partial charge in [0.05, 0.1) is 32.9 Å². The van der Waals surface area contributed by atoms with Gasteiger partial charge in [-0.3, -0.25) is 4.18 Å². The SMILES string of the molecule is CCOS(=O)(=O)[O-].CC[N+](CC)(CCO)CCO. The lowest BCUT2D eigenvalue weighted by Gasteiger charge is -2.35. The van der Waals surface area contributed by atoms with Gasteiger partial charge in [0.1, 0.15) is 13.1 Å². The van der Waals surface area contributed by atoms with E-state index in [9.17, 15) is 13.0 Å². The first-order chi connectivity index (χ1) is 8.30. The smallest absolute Gasteiger partial charge is 0.217 e. The van der Waals surface area contributed by atoms with E-state index in [1.165, 1.54) is 6.92 Å². The zero-order chi connectivity index (χ0) is 14.7. The van der Waals surface area contributed by atoms with Gasteiger partial charge in [0.25, 0.3) is 0 Å². The molecule has 0 aromatic carbocycles. The van der Waals surface area contributed by atoms with Crippen LogP contribution in [0.15, 0.2) is 0 Å². The Morgan fingerprint density at radius 3 is 1.56 bits per heavy atom. The summed E-state index contributed by atoms with van der Waals surface area (Å²) in [5.74, 6) is 0. The molecule has 0 aliphatic heterocycles. The molecule has 0 amide bonds. The van der Waals surface area contributed by atoms with Crippen LogP contribution in [0.2, 0.25) is 0 Å². The van der Waals surface area contributed by atoms with Gasteiger partial charge in [-0.15, -0.1) is 0 Å². The third-order valence-electron chi connectivity index (χ3n) is 2.75. The van der Waals surface area contributed by atoms with E-state index in [1.807, 2.05) is 0 Å². The zero-order valence-electron chi connectivity index (χ0n) is 11.3. The van der Waals surface area contributed by atoms with Gasteiger partial charge in [0, 0.05) is 0 Å². The van der Waals surface area contributed by atoms with Gasteiger partial charge >= 0.3 is 0 Å². The number of likely N-dealkylation sites (N-methyl/N-ethyl adjacent to an activating group) is 1. The molecule has 2 N–H and O–H groups in total. The first kappa shape index (κ1) is 20.1. The molecular formula is C10H25NO6S. The molecule has 0 fully saturated rings. The molecule has 0 aliphatic rings. The number of hydrogen-bond donors (Lipinski definition) is 2. The van der Waals surface area contributed by atoms with Crippen LogP contribution in [0.25, 0.3) is 0 Å². The van der Waals surface area contributed by atoms with Crippen LogP contribution in [0.4, 0.5) is 0 Å². The van der Waals surface area contributed by atoms with E-state index < -0.39 is 10.4 Å². The first-order valence-electron chi connectivity index (χ1n) is 5.97. The third-order valence-corrected chi connectivity index (χ3v) is 3.28. The van der Waals surface area contributed by atoms with Gasteiger partial charge in [0.15, 0.2) is 0 Å². The lowest BCUT2D eigenvalue weighted by atomic mass is 10.3. The van der Waals surface area contributed by atoms with E-state index in [0.29, 0.717) is 0 Å². The lowest BCUT2D eigenvalue weighted by Crippen LogP contribution is -2.51. The molecule has 0 heterocycles. The van der Waals surface area contributed by atoms with Crippen LogP contribution < -0.4 is 0 Å². The van der Waals surface area contributed by atoms with Crippen molar-refractivity contribution in [3.63, 3.8) is 0 Å². The number of hydrogen-bond acceptors (Lipinski definition) is 6. The highest BCUT2D eigenvalue weighted by molar-refractivity contribution is 7.80. The van der Waals surface area contributed by atoms with Crippen molar-refractivity contribution in [1.29, 1.82) is 0 Å². The van der Waals surface area contributed by atoms with Crippen molar-refractivity contribution in [2.24, 2.45) is 0 Å². The Hall–Kier alpha value is -0.250. The summed E-state index contributed by atoms with van der Waals surface area (Å²) in [6.07, 6.45) is 0. The zero-order valence-corrected chi connectivity index (χ0v) is 12.1. The number of aliphatic hydroxyl groups is 2. The Bertz CT molecular complexity index is 268. The molecule has 7 nitrogen and oxygen atoms in total. The molecule has 0 bridgehead atoms. The van der Waals surface area contributed by atoms with E-state index >= 15 is 0 Å². The summed E-state index contributed by atoms with van der Waals surface area (Å²) in [4.78, 5) is 0. The van der Waals surface area contributed by atoms with E-state index in [1.54, 1.807) is 0 Å². The maximum atomic E-state index is 9.45. The number of rotatable bonds is 8. The number of nitrogens with zero attached hydrogens (tertiary/aromatic N) is 1. The third kappa shape index (κ3) is 10.9. The van der Waals surface area contributed by atoms with Crippen molar-refractivity contribution < 1.29 is 31.8 Å². The van der Waals surface area contributed by atoms with Gasteiger partial charge < -0.3 is 19.2 Å². The molecule has 0 saturated heterocycles. The highest BCUT2D eigenvalue weighted by atomic mass is 32.3. The van der Waals surface area contributed by atoms with Crippen LogP contribution in [0, 0.1) is 0 Å². The summed E-state index contributed by atoms with van der Waals surface area (Å²) in [6, 6.07) is 0. The average Bonchev–Trinajstić information content (AvgIpc) is 2.28. The molecule has 0 aromatic heterocycles. The molecule has 0 saturated carbocycles. The predicted molar refractivity (Wildman–Crippen MR) is 66.6 cm³/mol. The maximum Gasteiger partial charge on any atom is 0.217 e. The highest BCUT2D eigenvalue weighted by Gasteiger charge is 2.20. The molecule has 8 heteroatoms. The van der Waals surface area contributed by atoms with Crippen LogP contribution in [0.5, 0.6) is 0 Å². The number of quaternary nitrogens is 1. The number of aliphatic hydroxyl groups excluding tert-OH is 2. The van der Waals surface area contributed by atoms with Crippen molar-refractivity contribution in [2.45, 2.75) is 20.8 Å². The Balaban J connectivity index is 0.